The number of benzene rings is 1. The molecule has 1 rings (SSSR count). The summed E-state index contributed by atoms with van der Waals surface area (Å²) in [6.07, 6.45) is 0.725. The minimum absolute atomic E-state index is 0.0719. The Balaban J connectivity index is 2.37. The summed E-state index contributed by atoms with van der Waals surface area (Å²) in [7, 11) is 0. The van der Waals surface area contributed by atoms with Gasteiger partial charge in [-0.15, -0.1) is 0 Å². The van der Waals surface area contributed by atoms with Gasteiger partial charge < -0.3 is 19.9 Å². The summed E-state index contributed by atoms with van der Waals surface area (Å²) in [6.45, 7) is 8.20. The van der Waals surface area contributed by atoms with Gasteiger partial charge in [0.1, 0.15) is 6.61 Å². The molecule has 1 aromatic rings. The van der Waals surface area contributed by atoms with Gasteiger partial charge in [-0.3, -0.25) is 0 Å². The molecule has 0 saturated carbocycles. The van der Waals surface area contributed by atoms with Gasteiger partial charge in [-0.2, -0.15) is 0 Å². The van der Waals surface area contributed by atoms with Crippen molar-refractivity contribution in [2.24, 2.45) is 0 Å². The standard InChI is InChI=1S/C15H25NO3/c1-4-18-13-7-5-6-8-14(13)19-12-10-16-15(2,3)9-11-17/h5-8,16-17H,4,9-12H2,1-3H3. The fraction of sp³-hybridized carbons (Fsp3) is 0.600. The van der Waals surface area contributed by atoms with Crippen LogP contribution in [0.3, 0.4) is 0 Å². The number of aliphatic hydroxyl groups is 1. The zero-order valence-electron chi connectivity index (χ0n) is 12.1. The van der Waals surface area contributed by atoms with E-state index in [-0.39, 0.29) is 12.1 Å². The van der Waals surface area contributed by atoms with Gasteiger partial charge in [-0.1, -0.05) is 12.1 Å². The Labute approximate surface area is 115 Å². The Morgan fingerprint density at radius 1 is 1.16 bits per heavy atom. The Morgan fingerprint density at radius 2 is 1.79 bits per heavy atom. The Kier molecular flexibility index (Phi) is 6.67. The van der Waals surface area contributed by atoms with Crippen LogP contribution < -0.4 is 14.8 Å². The predicted molar refractivity (Wildman–Crippen MR) is 76.9 cm³/mol. The summed E-state index contributed by atoms with van der Waals surface area (Å²) in [4.78, 5) is 0. The predicted octanol–water partition coefficient (Wildman–Crippen LogP) is 2.21. The molecule has 4 nitrogen and oxygen atoms in total. The number of rotatable bonds is 9. The van der Waals surface area contributed by atoms with Crippen LogP contribution in [-0.4, -0.2) is 37.0 Å². The van der Waals surface area contributed by atoms with Crippen molar-refractivity contribution in [2.75, 3.05) is 26.4 Å². The molecule has 0 heterocycles. The lowest BCUT2D eigenvalue weighted by molar-refractivity contribution is 0.217. The molecule has 1 aromatic carbocycles. The highest BCUT2D eigenvalue weighted by atomic mass is 16.5. The van der Waals surface area contributed by atoms with Crippen LogP contribution in [0.25, 0.3) is 0 Å². The number of para-hydroxylation sites is 2. The first-order valence-electron chi connectivity index (χ1n) is 6.79. The number of aliphatic hydroxyl groups excluding tert-OH is 1. The summed E-state index contributed by atoms with van der Waals surface area (Å²) in [5.41, 5.74) is -0.0719. The van der Waals surface area contributed by atoms with Gasteiger partial charge in [-0.25, -0.2) is 0 Å². The third-order valence-corrected chi connectivity index (χ3v) is 2.85. The van der Waals surface area contributed by atoms with Crippen molar-refractivity contribution in [3.63, 3.8) is 0 Å². The normalized spacial score (nSPS) is 11.4. The van der Waals surface area contributed by atoms with E-state index in [1.807, 2.05) is 31.2 Å². The maximum absolute atomic E-state index is 8.94. The molecule has 19 heavy (non-hydrogen) atoms. The van der Waals surface area contributed by atoms with Crippen LogP contribution in [0.2, 0.25) is 0 Å². The minimum Gasteiger partial charge on any atom is -0.490 e. The van der Waals surface area contributed by atoms with Crippen molar-refractivity contribution in [2.45, 2.75) is 32.7 Å². The number of hydrogen-bond donors (Lipinski definition) is 2. The smallest absolute Gasteiger partial charge is 0.161 e. The summed E-state index contributed by atoms with van der Waals surface area (Å²) in [6, 6.07) is 7.67. The summed E-state index contributed by atoms with van der Waals surface area (Å²) < 4.78 is 11.2. The molecular formula is C15H25NO3. The highest BCUT2D eigenvalue weighted by Crippen LogP contribution is 2.26. The monoisotopic (exact) mass is 267 g/mol. The first-order valence-corrected chi connectivity index (χ1v) is 6.79. The Bertz CT molecular complexity index is 366. The van der Waals surface area contributed by atoms with Crippen molar-refractivity contribution in [3.05, 3.63) is 24.3 Å². The largest absolute Gasteiger partial charge is 0.490 e. The second-order valence-electron chi connectivity index (χ2n) is 5.01. The van der Waals surface area contributed by atoms with Gasteiger partial charge in [0.2, 0.25) is 0 Å². The van der Waals surface area contributed by atoms with Gasteiger partial charge in [0.15, 0.2) is 11.5 Å². The molecule has 2 N–H and O–H groups in total. The molecule has 0 atom stereocenters. The summed E-state index contributed by atoms with van der Waals surface area (Å²) in [5.74, 6) is 1.55. The first kappa shape index (κ1) is 15.8. The molecule has 0 spiro atoms. The maximum atomic E-state index is 8.94. The lowest BCUT2D eigenvalue weighted by atomic mass is 10.0. The minimum atomic E-state index is -0.0719. The molecule has 0 aliphatic heterocycles. The molecule has 0 radical (unpaired) electrons. The molecule has 0 amide bonds. The van der Waals surface area contributed by atoms with Gasteiger partial charge in [0.25, 0.3) is 0 Å². The molecule has 4 heteroatoms. The van der Waals surface area contributed by atoms with Crippen molar-refractivity contribution in [3.8, 4) is 11.5 Å². The zero-order valence-corrected chi connectivity index (χ0v) is 12.1. The third-order valence-electron chi connectivity index (χ3n) is 2.85. The molecule has 0 saturated heterocycles. The number of ether oxygens (including phenoxy) is 2. The van der Waals surface area contributed by atoms with Crippen molar-refractivity contribution in [1.29, 1.82) is 0 Å². The Hall–Kier alpha value is -1.26. The van der Waals surface area contributed by atoms with Gasteiger partial charge in [-0.05, 0) is 39.3 Å². The van der Waals surface area contributed by atoms with E-state index in [1.165, 1.54) is 0 Å². The van der Waals surface area contributed by atoms with Crippen molar-refractivity contribution in [1.82, 2.24) is 5.32 Å². The lowest BCUT2D eigenvalue weighted by Crippen LogP contribution is -2.42. The molecular weight excluding hydrogens is 242 g/mol. The van der Waals surface area contributed by atoms with E-state index >= 15 is 0 Å². The molecule has 0 unspecified atom stereocenters. The molecule has 0 aromatic heterocycles. The van der Waals surface area contributed by atoms with Crippen LogP contribution in [0.15, 0.2) is 24.3 Å². The summed E-state index contributed by atoms with van der Waals surface area (Å²) >= 11 is 0. The zero-order chi connectivity index (χ0) is 14.1. The highest BCUT2D eigenvalue weighted by molar-refractivity contribution is 5.39. The lowest BCUT2D eigenvalue weighted by Gasteiger charge is -2.25. The second kappa shape index (κ2) is 8.02. The van der Waals surface area contributed by atoms with E-state index < -0.39 is 0 Å². The fourth-order valence-electron chi connectivity index (χ4n) is 1.76. The van der Waals surface area contributed by atoms with Gasteiger partial charge >= 0.3 is 0 Å². The van der Waals surface area contributed by atoms with Crippen LogP contribution in [0.5, 0.6) is 11.5 Å². The topological polar surface area (TPSA) is 50.7 Å². The van der Waals surface area contributed by atoms with E-state index in [4.69, 9.17) is 14.6 Å². The van der Waals surface area contributed by atoms with Crippen molar-refractivity contribution < 1.29 is 14.6 Å². The molecule has 108 valence electrons. The average molecular weight is 267 g/mol. The second-order valence-corrected chi connectivity index (χ2v) is 5.01. The number of nitrogens with one attached hydrogen (secondary N) is 1. The van der Waals surface area contributed by atoms with E-state index in [1.54, 1.807) is 0 Å². The molecule has 0 aliphatic carbocycles. The fourth-order valence-corrected chi connectivity index (χ4v) is 1.76. The van der Waals surface area contributed by atoms with Crippen LogP contribution in [0.4, 0.5) is 0 Å². The quantitative estimate of drug-likeness (QED) is 0.674. The first-order chi connectivity index (χ1) is 9.09. The average Bonchev–Trinajstić information content (AvgIpc) is 2.37. The molecule has 0 aliphatic rings. The maximum Gasteiger partial charge on any atom is 0.161 e. The van der Waals surface area contributed by atoms with Crippen LogP contribution in [0.1, 0.15) is 27.2 Å². The van der Waals surface area contributed by atoms with E-state index in [0.29, 0.717) is 13.2 Å². The third kappa shape index (κ3) is 5.94. The number of hydrogen-bond acceptors (Lipinski definition) is 4. The van der Waals surface area contributed by atoms with Gasteiger partial charge in [0.05, 0.1) is 6.61 Å². The van der Waals surface area contributed by atoms with E-state index in [0.717, 1.165) is 24.5 Å². The highest BCUT2D eigenvalue weighted by Gasteiger charge is 2.15. The van der Waals surface area contributed by atoms with E-state index in [2.05, 4.69) is 19.2 Å². The van der Waals surface area contributed by atoms with Gasteiger partial charge in [0, 0.05) is 18.7 Å². The van der Waals surface area contributed by atoms with Crippen molar-refractivity contribution >= 4 is 0 Å². The summed E-state index contributed by atoms with van der Waals surface area (Å²) in [5, 5.41) is 12.3. The SMILES string of the molecule is CCOc1ccccc1OCCNC(C)(C)CCO. The van der Waals surface area contributed by atoms with E-state index in [9.17, 15) is 0 Å². The Morgan fingerprint density at radius 3 is 2.37 bits per heavy atom. The van der Waals surface area contributed by atoms with Crippen LogP contribution >= 0.6 is 0 Å². The van der Waals surface area contributed by atoms with Crippen LogP contribution in [-0.2, 0) is 0 Å². The molecule has 0 bridgehead atoms. The van der Waals surface area contributed by atoms with Crippen LogP contribution in [0, 0.1) is 0 Å². The molecule has 0 fully saturated rings.